The van der Waals surface area contributed by atoms with Gasteiger partial charge >= 0.3 is 0 Å². The summed E-state index contributed by atoms with van der Waals surface area (Å²) in [4.78, 5) is 6.44. The predicted octanol–water partition coefficient (Wildman–Crippen LogP) is 0.900. The van der Waals surface area contributed by atoms with Gasteiger partial charge in [-0.05, 0) is 23.3 Å². The minimum absolute atomic E-state index is 0.356. The molecule has 2 aromatic rings. The fraction of sp³-hybridized carbons (Fsp3) is 0.636. The zero-order valence-corrected chi connectivity index (χ0v) is 12.0. The molecule has 1 aliphatic rings. The normalized spacial score (nSPS) is 17.2. The number of alkyl halides is 1. The molecule has 3 rings (SSSR count). The number of tetrazole rings is 1. The first kappa shape index (κ1) is 12.7. The van der Waals surface area contributed by atoms with E-state index in [0.717, 1.165) is 43.7 Å². The van der Waals surface area contributed by atoms with Crippen molar-refractivity contribution in [2.45, 2.75) is 18.9 Å². The van der Waals surface area contributed by atoms with Crippen LogP contribution in [0.1, 0.15) is 12.8 Å². The van der Waals surface area contributed by atoms with E-state index in [4.69, 9.17) is 4.74 Å². The van der Waals surface area contributed by atoms with Crippen LogP contribution in [-0.2, 0) is 4.74 Å². The van der Waals surface area contributed by atoms with Crippen LogP contribution in [0, 0.1) is 0 Å². The lowest BCUT2D eigenvalue weighted by Crippen LogP contribution is -2.38. The van der Waals surface area contributed by atoms with Gasteiger partial charge in [0.25, 0.3) is 0 Å². The zero-order valence-electron chi connectivity index (χ0n) is 10.4. The molecule has 0 radical (unpaired) electrons. The molecule has 102 valence electrons. The van der Waals surface area contributed by atoms with Gasteiger partial charge in [-0.25, -0.2) is 0 Å². The topological polar surface area (TPSA) is 68.4 Å². The number of piperidine rings is 1. The van der Waals surface area contributed by atoms with Crippen molar-refractivity contribution in [3.05, 3.63) is 12.4 Å². The number of hydrogen-bond acceptors (Lipinski definition) is 6. The molecule has 0 unspecified atom stereocenters. The second-order valence-electron chi connectivity index (χ2n) is 4.46. The molecule has 8 heteroatoms. The van der Waals surface area contributed by atoms with Crippen LogP contribution in [0.25, 0.3) is 5.65 Å². The van der Waals surface area contributed by atoms with Gasteiger partial charge in [-0.1, -0.05) is 15.9 Å². The molecule has 2 aromatic heterocycles. The summed E-state index contributed by atoms with van der Waals surface area (Å²) in [6, 6.07) is 0. The Morgan fingerprint density at radius 2 is 2.16 bits per heavy atom. The highest BCUT2D eigenvalue weighted by molar-refractivity contribution is 9.09. The second kappa shape index (κ2) is 5.79. The second-order valence-corrected chi connectivity index (χ2v) is 5.25. The molecule has 19 heavy (non-hydrogen) atoms. The number of aromatic nitrogens is 5. The van der Waals surface area contributed by atoms with Gasteiger partial charge in [0.1, 0.15) is 0 Å². The molecule has 0 spiro atoms. The zero-order chi connectivity index (χ0) is 13.1. The maximum Gasteiger partial charge on any atom is 0.199 e. The number of hydrogen-bond donors (Lipinski definition) is 0. The SMILES string of the molecule is BrCCOC1CCN(c2cncc3nnnn23)CC1. The van der Waals surface area contributed by atoms with Crippen molar-refractivity contribution in [3.63, 3.8) is 0 Å². The van der Waals surface area contributed by atoms with Crippen LogP contribution in [0.15, 0.2) is 12.4 Å². The smallest absolute Gasteiger partial charge is 0.199 e. The highest BCUT2D eigenvalue weighted by Crippen LogP contribution is 2.20. The molecule has 0 amide bonds. The van der Waals surface area contributed by atoms with Gasteiger partial charge in [0, 0.05) is 18.4 Å². The average Bonchev–Trinajstić information content (AvgIpc) is 2.94. The number of ether oxygens (including phenoxy) is 1. The molecular weight excluding hydrogens is 312 g/mol. The van der Waals surface area contributed by atoms with Crippen LogP contribution in [0.5, 0.6) is 0 Å². The summed E-state index contributed by atoms with van der Waals surface area (Å²) in [5.74, 6) is 0.946. The molecule has 0 atom stereocenters. The minimum atomic E-state index is 0.356. The van der Waals surface area contributed by atoms with E-state index in [1.165, 1.54) is 0 Å². The molecule has 3 heterocycles. The van der Waals surface area contributed by atoms with Crippen LogP contribution in [-0.4, -0.2) is 56.2 Å². The molecule has 0 aromatic carbocycles. The summed E-state index contributed by atoms with van der Waals surface area (Å²) in [5, 5.41) is 12.5. The standard InChI is InChI=1S/C11H15BrN6O/c12-3-6-19-9-1-4-17(5-2-9)11-8-13-7-10-14-15-16-18(10)11/h7-9H,1-6H2. The van der Waals surface area contributed by atoms with E-state index in [9.17, 15) is 0 Å². The summed E-state index contributed by atoms with van der Waals surface area (Å²) >= 11 is 3.38. The molecule has 0 aliphatic carbocycles. The highest BCUT2D eigenvalue weighted by Gasteiger charge is 2.21. The predicted molar refractivity (Wildman–Crippen MR) is 73.6 cm³/mol. The fourth-order valence-corrected chi connectivity index (χ4v) is 2.53. The maximum absolute atomic E-state index is 5.75. The maximum atomic E-state index is 5.75. The van der Waals surface area contributed by atoms with Gasteiger partial charge in [0.2, 0.25) is 0 Å². The quantitative estimate of drug-likeness (QED) is 0.777. The third-order valence-corrected chi connectivity index (χ3v) is 3.61. The molecule has 0 bridgehead atoms. The van der Waals surface area contributed by atoms with Crippen LogP contribution < -0.4 is 4.90 Å². The monoisotopic (exact) mass is 326 g/mol. The third kappa shape index (κ3) is 2.69. The first-order chi connectivity index (χ1) is 9.38. The highest BCUT2D eigenvalue weighted by atomic mass is 79.9. The van der Waals surface area contributed by atoms with Crippen molar-refractivity contribution < 1.29 is 4.74 Å². The Bertz CT molecular complexity index is 539. The van der Waals surface area contributed by atoms with Crippen molar-refractivity contribution in [2.24, 2.45) is 0 Å². The van der Waals surface area contributed by atoms with E-state index in [-0.39, 0.29) is 0 Å². The van der Waals surface area contributed by atoms with Crippen LogP contribution in [0.2, 0.25) is 0 Å². The van der Waals surface area contributed by atoms with Crippen LogP contribution in [0.3, 0.4) is 0 Å². The summed E-state index contributed by atoms with van der Waals surface area (Å²) in [5.41, 5.74) is 0.676. The Hall–Kier alpha value is -1.28. The number of nitrogens with zero attached hydrogens (tertiary/aromatic N) is 6. The number of anilines is 1. The van der Waals surface area contributed by atoms with Gasteiger partial charge in [0.15, 0.2) is 11.5 Å². The first-order valence-electron chi connectivity index (χ1n) is 6.33. The molecule has 1 saturated heterocycles. The third-order valence-electron chi connectivity index (χ3n) is 3.29. The lowest BCUT2D eigenvalue weighted by molar-refractivity contribution is 0.0479. The number of fused-ring (bicyclic) bond motifs is 1. The van der Waals surface area contributed by atoms with Crippen molar-refractivity contribution in [1.29, 1.82) is 0 Å². The Balaban J connectivity index is 1.69. The first-order valence-corrected chi connectivity index (χ1v) is 7.45. The van der Waals surface area contributed by atoms with Gasteiger partial charge in [0.05, 0.1) is 25.1 Å². The van der Waals surface area contributed by atoms with Crippen LogP contribution in [0.4, 0.5) is 5.82 Å². The summed E-state index contributed by atoms with van der Waals surface area (Å²) in [6.07, 6.45) is 5.87. The van der Waals surface area contributed by atoms with E-state index < -0.39 is 0 Å². The molecule has 1 aliphatic heterocycles. The Labute approximate surface area is 119 Å². The van der Waals surface area contributed by atoms with Gasteiger partial charge in [-0.3, -0.25) is 4.98 Å². The number of halogens is 1. The Morgan fingerprint density at radius 1 is 1.32 bits per heavy atom. The van der Waals surface area contributed by atoms with Gasteiger partial charge in [-0.2, -0.15) is 4.52 Å². The molecule has 0 saturated carbocycles. The van der Waals surface area contributed by atoms with E-state index >= 15 is 0 Å². The van der Waals surface area contributed by atoms with E-state index in [1.54, 1.807) is 10.7 Å². The van der Waals surface area contributed by atoms with Gasteiger partial charge < -0.3 is 9.64 Å². The Kier molecular flexibility index (Phi) is 3.88. The number of rotatable bonds is 4. The van der Waals surface area contributed by atoms with Gasteiger partial charge in [-0.15, -0.1) is 5.10 Å². The lowest BCUT2D eigenvalue weighted by atomic mass is 10.1. The molecular formula is C11H15BrN6O. The minimum Gasteiger partial charge on any atom is -0.377 e. The summed E-state index contributed by atoms with van der Waals surface area (Å²) in [7, 11) is 0. The summed E-state index contributed by atoms with van der Waals surface area (Å²) < 4.78 is 7.48. The molecule has 1 fully saturated rings. The van der Waals surface area contributed by atoms with Crippen molar-refractivity contribution in [1.82, 2.24) is 25.0 Å². The lowest BCUT2D eigenvalue weighted by Gasteiger charge is -2.32. The Morgan fingerprint density at radius 3 is 2.95 bits per heavy atom. The average molecular weight is 327 g/mol. The van der Waals surface area contributed by atoms with E-state index in [0.29, 0.717) is 11.8 Å². The van der Waals surface area contributed by atoms with Crippen molar-refractivity contribution in [2.75, 3.05) is 29.9 Å². The van der Waals surface area contributed by atoms with Crippen molar-refractivity contribution in [3.8, 4) is 0 Å². The molecule has 0 N–H and O–H groups in total. The summed E-state index contributed by atoms with van der Waals surface area (Å²) in [6.45, 7) is 2.65. The van der Waals surface area contributed by atoms with E-state index in [1.807, 2.05) is 6.20 Å². The fourth-order valence-electron chi connectivity index (χ4n) is 2.34. The van der Waals surface area contributed by atoms with E-state index in [2.05, 4.69) is 41.3 Å². The van der Waals surface area contributed by atoms with Crippen LogP contribution >= 0.6 is 15.9 Å². The molecule has 7 nitrogen and oxygen atoms in total. The largest absolute Gasteiger partial charge is 0.377 e. The van der Waals surface area contributed by atoms with Crippen molar-refractivity contribution >= 4 is 27.4 Å².